The van der Waals surface area contributed by atoms with Crippen molar-refractivity contribution in [2.45, 2.75) is 46.3 Å². The first kappa shape index (κ1) is 22.8. The van der Waals surface area contributed by atoms with Crippen LogP contribution in [-0.2, 0) is 6.54 Å². The van der Waals surface area contributed by atoms with Gasteiger partial charge in [0.2, 0.25) is 0 Å². The zero-order valence-electron chi connectivity index (χ0n) is 16.5. The number of phenols is 1. The average Bonchev–Trinajstić information content (AvgIpc) is 2.94. The summed E-state index contributed by atoms with van der Waals surface area (Å²) in [4.78, 5) is 7.17. The molecule has 0 aliphatic carbocycles. The number of hydrogen-bond acceptors (Lipinski definition) is 4. The molecule has 1 heterocycles. The highest BCUT2D eigenvalue weighted by molar-refractivity contribution is 14.0. The van der Waals surface area contributed by atoms with Crippen LogP contribution in [0.2, 0.25) is 0 Å². The van der Waals surface area contributed by atoms with Crippen molar-refractivity contribution < 1.29 is 9.84 Å². The first-order valence-corrected chi connectivity index (χ1v) is 9.09. The summed E-state index contributed by atoms with van der Waals surface area (Å²) in [6, 6.07) is 6.34. The zero-order valence-corrected chi connectivity index (χ0v) is 18.8. The molecule has 0 saturated carbocycles. The Morgan fingerprint density at radius 3 is 2.65 bits per heavy atom. The van der Waals surface area contributed by atoms with Crippen LogP contribution in [0.5, 0.6) is 11.5 Å². The fourth-order valence-electron chi connectivity index (χ4n) is 3.11. The van der Waals surface area contributed by atoms with Crippen molar-refractivity contribution in [1.82, 2.24) is 15.5 Å². The fraction of sp³-hybridized carbons (Fsp3) is 0.632. The molecule has 1 aromatic rings. The monoisotopic (exact) mass is 476 g/mol. The van der Waals surface area contributed by atoms with Gasteiger partial charge in [-0.05, 0) is 44.4 Å². The van der Waals surface area contributed by atoms with Crippen molar-refractivity contribution in [2.24, 2.45) is 10.9 Å². The number of rotatable bonds is 6. The smallest absolute Gasteiger partial charge is 0.191 e. The molecule has 1 saturated heterocycles. The van der Waals surface area contributed by atoms with Crippen LogP contribution < -0.4 is 15.4 Å². The van der Waals surface area contributed by atoms with Crippen LogP contribution in [0.25, 0.3) is 0 Å². The van der Waals surface area contributed by atoms with E-state index < -0.39 is 0 Å². The van der Waals surface area contributed by atoms with E-state index in [-0.39, 0.29) is 29.7 Å². The maximum Gasteiger partial charge on any atom is 0.191 e. The molecule has 0 radical (unpaired) electrons. The molecule has 3 N–H and O–H groups in total. The van der Waals surface area contributed by atoms with Crippen molar-refractivity contribution in [3.8, 4) is 11.5 Å². The number of aromatic hydroxyl groups is 1. The number of halogens is 1. The molecule has 0 spiro atoms. The topological polar surface area (TPSA) is 69.1 Å². The first-order valence-electron chi connectivity index (χ1n) is 9.09. The van der Waals surface area contributed by atoms with E-state index in [0.717, 1.165) is 31.2 Å². The molecule has 26 heavy (non-hydrogen) atoms. The van der Waals surface area contributed by atoms with E-state index in [1.807, 2.05) is 6.07 Å². The Morgan fingerprint density at radius 2 is 2.12 bits per heavy atom. The highest BCUT2D eigenvalue weighted by Gasteiger charge is 2.31. The number of benzene rings is 1. The van der Waals surface area contributed by atoms with E-state index in [1.165, 1.54) is 0 Å². The van der Waals surface area contributed by atoms with Crippen LogP contribution in [0.3, 0.4) is 0 Å². The van der Waals surface area contributed by atoms with Gasteiger partial charge in [0, 0.05) is 31.7 Å². The molecule has 7 heteroatoms. The number of ether oxygens (including phenoxy) is 1. The first-order chi connectivity index (χ1) is 11.9. The summed E-state index contributed by atoms with van der Waals surface area (Å²) < 4.78 is 5.08. The molecule has 6 nitrogen and oxygen atoms in total. The third-order valence-electron chi connectivity index (χ3n) is 4.70. The number of nitrogens with zero attached hydrogens (tertiary/aromatic N) is 2. The van der Waals surface area contributed by atoms with Gasteiger partial charge in [-0.3, -0.25) is 4.90 Å². The maximum absolute atomic E-state index is 9.90. The van der Waals surface area contributed by atoms with Crippen molar-refractivity contribution in [1.29, 1.82) is 0 Å². The van der Waals surface area contributed by atoms with E-state index in [9.17, 15) is 5.11 Å². The van der Waals surface area contributed by atoms with E-state index >= 15 is 0 Å². The number of nitrogens with one attached hydrogen (secondary N) is 2. The SMILES string of the molecule is CCNC(=NCc1ccc(OC)c(O)c1)NC1CN(C(C)C)CC1C.I. The molecule has 2 unspecified atom stereocenters. The predicted octanol–water partition coefficient (Wildman–Crippen LogP) is 2.80. The molecular weight excluding hydrogens is 443 g/mol. The Labute approximate surface area is 174 Å². The number of methoxy groups -OCH3 is 1. The van der Waals surface area contributed by atoms with Crippen LogP contribution >= 0.6 is 24.0 Å². The Balaban J connectivity index is 0.00000338. The molecule has 2 atom stereocenters. The molecule has 2 rings (SSSR count). The minimum Gasteiger partial charge on any atom is -0.504 e. The summed E-state index contributed by atoms with van der Waals surface area (Å²) in [6.45, 7) is 12.3. The van der Waals surface area contributed by atoms with E-state index in [4.69, 9.17) is 4.74 Å². The number of hydrogen-bond donors (Lipinski definition) is 3. The van der Waals surface area contributed by atoms with Gasteiger partial charge in [0.1, 0.15) is 0 Å². The van der Waals surface area contributed by atoms with Crippen LogP contribution in [0.4, 0.5) is 0 Å². The van der Waals surface area contributed by atoms with E-state index in [1.54, 1.807) is 19.2 Å². The lowest BCUT2D eigenvalue weighted by Gasteiger charge is -2.22. The lowest BCUT2D eigenvalue weighted by molar-refractivity contribution is 0.265. The summed E-state index contributed by atoms with van der Waals surface area (Å²) >= 11 is 0. The molecule has 1 aliphatic rings. The van der Waals surface area contributed by atoms with Crippen molar-refractivity contribution in [3.05, 3.63) is 23.8 Å². The van der Waals surface area contributed by atoms with Crippen LogP contribution in [0, 0.1) is 5.92 Å². The molecule has 1 aliphatic heterocycles. The molecule has 1 fully saturated rings. The van der Waals surface area contributed by atoms with Crippen LogP contribution in [0.1, 0.15) is 33.3 Å². The molecular formula is C19H33IN4O2. The highest BCUT2D eigenvalue weighted by atomic mass is 127. The summed E-state index contributed by atoms with van der Waals surface area (Å²) in [6.07, 6.45) is 0. The molecule has 0 amide bonds. The van der Waals surface area contributed by atoms with Crippen LogP contribution in [-0.4, -0.2) is 54.8 Å². The fourth-order valence-corrected chi connectivity index (χ4v) is 3.11. The quantitative estimate of drug-likeness (QED) is 0.335. The Hall–Kier alpha value is -1.22. The van der Waals surface area contributed by atoms with Crippen molar-refractivity contribution >= 4 is 29.9 Å². The molecule has 1 aromatic carbocycles. The summed E-state index contributed by atoms with van der Waals surface area (Å²) in [5.74, 6) is 2.02. The van der Waals surface area contributed by atoms with Crippen LogP contribution in [0.15, 0.2) is 23.2 Å². The largest absolute Gasteiger partial charge is 0.504 e. The number of guanidine groups is 1. The van der Waals surface area contributed by atoms with Gasteiger partial charge >= 0.3 is 0 Å². The lowest BCUT2D eigenvalue weighted by Crippen LogP contribution is -2.46. The standard InChI is InChI=1S/C19H32N4O2.HI/c1-6-20-19(22-16-12-23(13(2)3)11-14(16)4)21-10-15-7-8-18(25-5)17(24)9-15;/h7-9,13-14,16,24H,6,10-12H2,1-5H3,(H2,20,21,22);1H. The van der Waals surface area contributed by atoms with Gasteiger partial charge in [-0.25, -0.2) is 4.99 Å². The van der Waals surface area contributed by atoms with E-state index in [0.29, 0.717) is 30.3 Å². The van der Waals surface area contributed by atoms with Gasteiger partial charge in [0.05, 0.1) is 13.7 Å². The Bertz CT molecular complexity index is 595. The number of aliphatic imine (C=N–C) groups is 1. The molecule has 0 aromatic heterocycles. The average molecular weight is 476 g/mol. The minimum absolute atomic E-state index is 0. The van der Waals surface area contributed by atoms with Crippen molar-refractivity contribution in [2.75, 3.05) is 26.7 Å². The number of phenolic OH excluding ortho intramolecular Hbond substituents is 1. The summed E-state index contributed by atoms with van der Waals surface area (Å²) in [5, 5.41) is 16.8. The lowest BCUT2D eigenvalue weighted by atomic mass is 10.1. The second-order valence-corrected chi connectivity index (χ2v) is 6.98. The third-order valence-corrected chi connectivity index (χ3v) is 4.70. The third kappa shape index (κ3) is 6.19. The van der Waals surface area contributed by atoms with Gasteiger partial charge in [-0.2, -0.15) is 0 Å². The minimum atomic E-state index is 0. The maximum atomic E-state index is 9.90. The van der Waals surface area contributed by atoms with Gasteiger partial charge in [-0.15, -0.1) is 24.0 Å². The normalized spacial score (nSPS) is 20.8. The molecule has 148 valence electrons. The Morgan fingerprint density at radius 1 is 1.38 bits per heavy atom. The molecule has 0 bridgehead atoms. The summed E-state index contributed by atoms with van der Waals surface area (Å²) in [7, 11) is 1.54. The Kier molecular flexibility index (Phi) is 9.49. The van der Waals surface area contributed by atoms with Crippen molar-refractivity contribution in [3.63, 3.8) is 0 Å². The second-order valence-electron chi connectivity index (χ2n) is 6.98. The highest BCUT2D eigenvalue weighted by Crippen LogP contribution is 2.26. The van der Waals surface area contributed by atoms with E-state index in [2.05, 4.69) is 48.2 Å². The van der Waals surface area contributed by atoms with Gasteiger partial charge in [-0.1, -0.05) is 13.0 Å². The van der Waals surface area contributed by atoms with Gasteiger partial charge < -0.3 is 20.5 Å². The number of likely N-dealkylation sites (tertiary alicyclic amines) is 1. The van der Waals surface area contributed by atoms with Gasteiger partial charge in [0.15, 0.2) is 17.5 Å². The summed E-state index contributed by atoms with van der Waals surface area (Å²) in [5.41, 5.74) is 0.943. The zero-order chi connectivity index (χ0) is 18.4. The predicted molar refractivity (Wildman–Crippen MR) is 118 cm³/mol. The van der Waals surface area contributed by atoms with Gasteiger partial charge in [0.25, 0.3) is 0 Å². The second kappa shape index (κ2) is 10.8.